The molecule has 0 atom stereocenters. The van der Waals surface area contributed by atoms with E-state index in [4.69, 9.17) is 21.1 Å². The fourth-order valence-electron chi connectivity index (χ4n) is 2.44. The summed E-state index contributed by atoms with van der Waals surface area (Å²) in [6, 6.07) is 11.4. The zero-order valence-electron chi connectivity index (χ0n) is 15.2. The third kappa shape index (κ3) is 5.35. The normalized spacial score (nSPS) is 15.1. The number of carbonyl (C=O) groups excluding carboxylic acids is 1. The molecule has 0 fully saturated rings. The predicted octanol–water partition coefficient (Wildman–Crippen LogP) is 6.41. The van der Waals surface area contributed by atoms with Gasteiger partial charge in [-0.3, -0.25) is 4.79 Å². The number of methoxy groups -OCH3 is 1. The molecule has 0 N–H and O–H groups in total. The zero-order chi connectivity index (χ0) is 20.1. The Hall–Kier alpha value is -1.41. The number of thioether (sulfide) groups is 2. The van der Waals surface area contributed by atoms with Crippen molar-refractivity contribution in [2.45, 2.75) is 12.7 Å². The van der Waals surface area contributed by atoms with Crippen LogP contribution in [0.2, 0.25) is 5.02 Å². The van der Waals surface area contributed by atoms with Crippen molar-refractivity contribution in [1.29, 1.82) is 0 Å². The highest BCUT2D eigenvalue weighted by Crippen LogP contribution is 2.38. The van der Waals surface area contributed by atoms with Crippen molar-refractivity contribution < 1.29 is 14.3 Å². The molecule has 0 saturated carbocycles. The van der Waals surface area contributed by atoms with Crippen molar-refractivity contribution in [3.8, 4) is 11.5 Å². The number of hydrogen-bond donors (Lipinski definition) is 0. The van der Waals surface area contributed by atoms with Crippen LogP contribution < -0.4 is 9.47 Å². The van der Waals surface area contributed by atoms with Crippen molar-refractivity contribution in [1.82, 2.24) is 0 Å². The van der Waals surface area contributed by atoms with Gasteiger partial charge in [-0.2, -0.15) is 0 Å². The molecule has 1 heterocycles. The molecule has 28 heavy (non-hydrogen) atoms. The van der Waals surface area contributed by atoms with Crippen LogP contribution in [0.1, 0.15) is 18.1 Å². The van der Waals surface area contributed by atoms with Crippen LogP contribution in [-0.2, 0) is 10.5 Å². The number of ether oxygens (including phenoxy) is 2. The Labute approximate surface area is 185 Å². The second-order valence-corrected chi connectivity index (χ2v) is 9.15. The van der Waals surface area contributed by atoms with Crippen LogP contribution in [0.3, 0.4) is 0 Å². The van der Waals surface area contributed by atoms with Crippen molar-refractivity contribution >= 4 is 66.6 Å². The second-order valence-electron chi connectivity index (χ2n) is 5.68. The Kier molecular flexibility index (Phi) is 7.51. The monoisotopic (exact) mass is 497 g/mol. The molecule has 0 radical (unpaired) electrons. The average Bonchev–Trinajstić information content (AvgIpc) is 3.02. The molecule has 0 bridgehead atoms. The molecule has 0 aromatic heterocycles. The molecule has 2 aromatic rings. The number of hydrogen-bond acceptors (Lipinski definition) is 6. The van der Waals surface area contributed by atoms with Crippen LogP contribution in [0.25, 0.3) is 6.08 Å². The Morgan fingerprint density at radius 1 is 1.29 bits per heavy atom. The molecule has 146 valence electrons. The summed E-state index contributed by atoms with van der Waals surface area (Å²) in [5, 5.41) is 0.640. The Morgan fingerprint density at radius 2 is 2.04 bits per heavy atom. The molecule has 3 rings (SSSR count). The Morgan fingerprint density at radius 3 is 2.71 bits per heavy atom. The summed E-state index contributed by atoms with van der Waals surface area (Å²) in [5.74, 6) is 1.97. The first-order chi connectivity index (χ1) is 13.5. The van der Waals surface area contributed by atoms with Gasteiger partial charge in [0.2, 0.25) is 5.12 Å². The van der Waals surface area contributed by atoms with Gasteiger partial charge < -0.3 is 9.47 Å². The third-order valence-corrected chi connectivity index (χ3v) is 6.64. The minimum absolute atomic E-state index is 0.0671. The highest BCUT2D eigenvalue weighted by molar-refractivity contribution is 9.10. The van der Waals surface area contributed by atoms with E-state index in [1.165, 1.54) is 11.8 Å². The third-order valence-electron chi connectivity index (χ3n) is 3.72. The smallest absolute Gasteiger partial charge is 0.244 e. The SMILES string of the molecule is CCOc1c(Br)cc(C=C2N=C(SCc3ccc(Cl)cc3)SC2=O)cc1OC. The van der Waals surface area contributed by atoms with E-state index in [0.29, 0.717) is 28.8 Å². The summed E-state index contributed by atoms with van der Waals surface area (Å²) in [6.07, 6.45) is 1.76. The number of carbonyl (C=O) groups is 1. The highest BCUT2D eigenvalue weighted by atomic mass is 79.9. The lowest BCUT2D eigenvalue weighted by Crippen LogP contribution is -1.97. The van der Waals surface area contributed by atoms with Crippen molar-refractivity contribution in [2.24, 2.45) is 4.99 Å². The van der Waals surface area contributed by atoms with Crippen LogP contribution in [0.15, 0.2) is 51.6 Å². The van der Waals surface area contributed by atoms with E-state index >= 15 is 0 Å². The lowest BCUT2D eigenvalue weighted by Gasteiger charge is -2.12. The summed E-state index contributed by atoms with van der Waals surface area (Å²) in [4.78, 5) is 16.8. The van der Waals surface area contributed by atoms with Gasteiger partial charge in [0.25, 0.3) is 0 Å². The van der Waals surface area contributed by atoms with E-state index in [1.54, 1.807) is 13.2 Å². The van der Waals surface area contributed by atoms with Crippen LogP contribution in [0, 0.1) is 0 Å². The Balaban J connectivity index is 1.77. The van der Waals surface area contributed by atoms with Crippen molar-refractivity contribution in [3.05, 3.63) is 62.7 Å². The van der Waals surface area contributed by atoms with E-state index in [0.717, 1.165) is 37.5 Å². The van der Waals surface area contributed by atoms with Gasteiger partial charge in [0.1, 0.15) is 10.1 Å². The zero-order valence-corrected chi connectivity index (χ0v) is 19.2. The molecule has 0 aliphatic carbocycles. The first-order valence-electron chi connectivity index (χ1n) is 8.40. The number of rotatable bonds is 6. The number of halogens is 2. The minimum atomic E-state index is -0.0671. The van der Waals surface area contributed by atoms with Crippen LogP contribution >= 0.6 is 51.1 Å². The van der Waals surface area contributed by atoms with Gasteiger partial charge in [-0.25, -0.2) is 4.99 Å². The highest BCUT2D eigenvalue weighted by Gasteiger charge is 2.23. The average molecular weight is 499 g/mol. The van der Waals surface area contributed by atoms with Crippen LogP contribution in [0.5, 0.6) is 11.5 Å². The first-order valence-corrected chi connectivity index (χ1v) is 11.4. The maximum Gasteiger partial charge on any atom is 0.244 e. The molecular formula is C20H17BrClNO3S2. The summed E-state index contributed by atoms with van der Waals surface area (Å²) < 4.78 is 12.5. The van der Waals surface area contributed by atoms with Gasteiger partial charge in [-0.05, 0) is 76.1 Å². The van der Waals surface area contributed by atoms with Gasteiger partial charge in [0, 0.05) is 10.8 Å². The topological polar surface area (TPSA) is 47.9 Å². The summed E-state index contributed by atoms with van der Waals surface area (Å²) in [6.45, 7) is 2.44. The van der Waals surface area contributed by atoms with Gasteiger partial charge in [0.15, 0.2) is 11.5 Å². The fourth-order valence-corrected chi connectivity index (χ4v) is 4.94. The number of nitrogens with zero attached hydrogens (tertiary/aromatic N) is 1. The maximum absolute atomic E-state index is 12.3. The number of aliphatic imine (C=N–C) groups is 1. The molecular weight excluding hydrogens is 482 g/mol. The van der Waals surface area contributed by atoms with E-state index < -0.39 is 0 Å². The van der Waals surface area contributed by atoms with Crippen molar-refractivity contribution in [2.75, 3.05) is 13.7 Å². The molecule has 0 spiro atoms. The molecule has 2 aromatic carbocycles. The molecule has 0 amide bonds. The molecule has 0 unspecified atom stereocenters. The van der Waals surface area contributed by atoms with Crippen LogP contribution in [0.4, 0.5) is 0 Å². The number of benzene rings is 2. The summed E-state index contributed by atoms with van der Waals surface area (Å²) >= 11 is 12.1. The largest absolute Gasteiger partial charge is 0.493 e. The predicted molar refractivity (Wildman–Crippen MR) is 123 cm³/mol. The van der Waals surface area contributed by atoms with Gasteiger partial charge in [-0.15, -0.1) is 0 Å². The fraction of sp³-hybridized carbons (Fsp3) is 0.200. The lowest BCUT2D eigenvalue weighted by molar-refractivity contribution is -0.107. The standard InChI is InChI=1S/C20H17BrClNO3S2/c1-3-26-18-15(21)8-13(10-17(18)25-2)9-16-19(24)28-20(23-16)27-11-12-4-6-14(22)7-5-12/h4-10H,3,11H2,1-2H3. The molecule has 4 nitrogen and oxygen atoms in total. The van der Waals surface area contributed by atoms with Crippen LogP contribution in [-0.4, -0.2) is 23.2 Å². The minimum Gasteiger partial charge on any atom is -0.493 e. The summed E-state index contributed by atoms with van der Waals surface area (Å²) in [5.41, 5.74) is 2.35. The maximum atomic E-state index is 12.3. The quantitative estimate of drug-likeness (QED) is 0.430. The molecule has 0 saturated heterocycles. The van der Waals surface area contributed by atoms with Gasteiger partial charge >= 0.3 is 0 Å². The molecule has 8 heteroatoms. The summed E-state index contributed by atoms with van der Waals surface area (Å²) in [7, 11) is 1.58. The molecule has 1 aliphatic rings. The molecule has 1 aliphatic heterocycles. The van der Waals surface area contributed by atoms with Gasteiger partial charge in [-0.1, -0.05) is 35.5 Å². The van der Waals surface area contributed by atoms with E-state index in [9.17, 15) is 4.79 Å². The van der Waals surface area contributed by atoms with E-state index in [1.807, 2.05) is 43.3 Å². The van der Waals surface area contributed by atoms with E-state index in [-0.39, 0.29) is 5.12 Å². The van der Waals surface area contributed by atoms with E-state index in [2.05, 4.69) is 20.9 Å². The first kappa shape index (κ1) is 21.3. The van der Waals surface area contributed by atoms with Gasteiger partial charge in [0.05, 0.1) is 18.2 Å². The lowest BCUT2D eigenvalue weighted by atomic mass is 10.1. The van der Waals surface area contributed by atoms with Crippen molar-refractivity contribution in [3.63, 3.8) is 0 Å². The Bertz CT molecular complexity index is 945. The second kappa shape index (κ2) is 9.87.